The van der Waals surface area contributed by atoms with Crippen molar-refractivity contribution < 1.29 is 19.4 Å². The zero-order chi connectivity index (χ0) is 15.0. The number of hydrogen-bond donors (Lipinski definition) is 1. The van der Waals surface area contributed by atoms with Crippen LogP contribution < -0.4 is 4.74 Å². The van der Waals surface area contributed by atoms with Gasteiger partial charge in [0.05, 0.1) is 5.02 Å². The molecule has 0 bridgehead atoms. The molecule has 0 spiro atoms. The van der Waals surface area contributed by atoms with E-state index >= 15 is 0 Å². The first-order valence-electron chi connectivity index (χ1n) is 6.29. The number of hydrogen-bond acceptors (Lipinski definition) is 3. The van der Waals surface area contributed by atoms with Crippen LogP contribution in [0.5, 0.6) is 5.75 Å². The first-order valence-corrected chi connectivity index (χ1v) is 7.04. The van der Waals surface area contributed by atoms with Gasteiger partial charge in [0.15, 0.2) is 12.4 Å². The van der Waals surface area contributed by atoms with Crippen LogP contribution in [0.2, 0.25) is 10.0 Å². The molecule has 108 valence electrons. The highest BCUT2D eigenvalue weighted by Crippen LogP contribution is 2.47. The number of ketones is 1. The number of carbonyl (C=O) groups excluding carboxylic acids is 1. The first kappa shape index (κ1) is 15.1. The number of ether oxygens (including phenoxy) is 1. The van der Waals surface area contributed by atoms with Crippen molar-refractivity contribution in [3.8, 4) is 5.75 Å². The summed E-state index contributed by atoms with van der Waals surface area (Å²) in [5.41, 5.74) is 1.22. The number of benzene rings is 1. The van der Waals surface area contributed by atoms with E-state index in [9.17, 15) is 9.59 Å². The summed E-state index contributed by atoms with van der Waals surface area (Å²) in [7, 11) is 0. The van der Waals surface area contributed by atoms with E-state index in [-0.39, 0.29) is 33.4 Å². The Morgan fingerprint density at radius 1 is 1.40 bits per heavy atom. The van der Waals surface area contributed by atoms with E-state index in [1.807, 2.05) is 13.8 Å². The van der Waals surface area contributed by atoms with Gasteiger partial charge >= 0.3 is 5.97 Å². The molecule has 20 heavy (non-hydrogen) atoms. The van der Waals surface area contributed by atoms with Crippen molar-refractivity contribution in [2.24, 2.45) is 5.92 Å². The minimum atomic E-state index is -1.10. The lowest BCUT2D eigenvalue weighted by Crippen LogP contribution is -2.10. The van der Waals surface area contributed by atoms with Gasteiger partial charge in [-0.3, -0.25) is 4.79 Å². The topological polar surface area (TPSA) is 63.6 Å². The fraction of sp³-hybridized carbons (Fsp3) is 0.429. The predicted molar refractivity (Wildman–Crippen MR) is 76.1 cm³/mol. The van der Waals surface area contributed by atoms with Gasteiger partial charge in [-0.15, -0.1) is 0 Å². The highest BCUT2D eigenvalue weighted by Gasteiger charge is 2.39. The fourth-order valence-electron chi connectivity index (χ4n) is 2.64. The van der Waals surface area contributed by atoms with E-state index in [1.165, 1.54) is 0 Å². The molecule has 0 fully saturated rings. The Morgan fingerprint density at radius 3 is 2.60 bits per heavy atom. The summed E-state index contributed by atoms with van der Waals surface area (Å²) >= 11 is 12.2. The molecule has 0 heterocycles. The van der Waals surface area contributed by atoms with Crippen LogP contribution in [0.4, 0.5) is 0 Å². The minimum Gasteiger partial charge on any atom is -0.480 e. The normalized spacial score (nSPS) is 20.9. The first-order chi connectivity index (χ1) is 9.38. The highest BCUT2D eigenvalue weighted by molar-refractivity contribution is 6.45. The molecule has 1 aromatic rings. The number of fused-ring (bicyclic) bond motifs is 1. The van der Waals surface area contributed by atoms with Gasteiger partial charge in [-0.25, -0.2) is 4.79 Å². The van der Waals surface area contributed by atoms with E-state index in [2.05, 4.69) is 0 Å². The number of carboxylic acids is 1. The molecule has 0 saturated carbocycles. The molecule has 2 rings (SSSR count). The molecular formula is C14H14Cl2O4. The van der Waals surface area contributed by atoms with Crippen LogP contribution in [-0.2, 0) is 4.79 Å². The zero-order valence-electron chi connectivity index (χ0n) is 11.1. The number of rotatable bonds is 4. The summed E-state index contributed by atoms with van der Waals surface area (Å²) in [4.78, 5) is 22.9. The van der Waals surface area contributed by atoms with E-state index < -0.39 is 12.6 Å². The lowest BCUT2D eigenvalue weighted by atomic mass is 9.92. The van der Waals surface area contributed by atoms with Gasteiger partial charge < -0.3 is 9.84 Å². The summed E-state index contributed by atoms with van der Waals surface area (Å²) in [6.07, 6.45) is 0.716. The lowest BCUT2D eigenvalue weighted by molar-refractivity contribution is -0.139. The third-order valence-corrected chi connectivity index (χ3v) is 4.52. The Kier molecular flexibility index (Phi) is 4.25. The number of Topliss-reactive ketones (excluding diaryl/α,β-unsaturated/α-hetero) is 1. The molecule has 2 unspecified atom stereocenters. The van der Waals surface area contributed by atoms with Crippen molar-refractivity contribution >= 4 is 35.0 Å². The molecule has 2 atom stereocenters. The molecule has 1 aromatic carbocycles. The molecule has 1 aliphatic carbocycles. The van der Waals surface area contributed by atoms with Gasteiger partial charge in [0, 0.05) is 11.5 Å². The number of carbonyl (C=O) groups is 2. The molecule has 4 nitrogen and oxygen atoms in total. The SMILES string of the molecule is CCC1C(=O)c2c(cc(OCC(=O)O)c(Cl)c2Cl)C1C. The summed E-state index contributed by atoms with van der Waals surface area (Å²) in [6.45, 7) is 3.39. The van der Waals surface area contributed by atoms with Gasteiger partial charge in [-0.05, 0) is 24.0 Å². The maximum atomic E-state index is 12.3. The van der Waals surface area contributed by atoms with E-state index in [0.717, 1.165) is 5.56 Å². The van der Waals surface area contributed by atoms with Crippen LogP contribution >= 0.6 is 23.2 Å². The van der Waals surface area contributed by atoms with Crippen molar-refractivity contribution in [1.82, 2.24) is 0 Å². The predicted octanol–water partition coefficient (Wildman–Crippen LogP) is 3.78. The standard InChI is InChI=1S/C14H14Cl2O4/c1-3-7-6(2)8-4-9(20-5-10(17)18)12(15)13(16)11(8)14(7)19/h4,6-7H,3,5H2,1-2H3,(H,17,18). The third-order valence-electron chi connectivity index (χ3n) is 3.67. The van der Waals surface area contributed by atoms with Crippen LogP contribution in [0, 0.1) is 5.92 Å². The number of carboxylic acid groups (broad SMARTS) is 1. The Balaban J connectivity index is 2.48. The lowest BCUT2D eigenvalue weighted by Gasteiger charge is -2.13. The van der Waals surface area contributed by atoms with E-state index in [1.54, 1.807) is 6.07 Å². The average molecular weight is 317 g/mol. The minimum absolute atomic E-state index is 0.00770. The second-order valence-corrected chi connectivity index (χ2v) is 5.57. The van der Waals surface area contributed by atoms with Gasteiger partial charge in [0.1, 0.15) is 10.8 Å². The Labute approximate surface area is 126 Å². The van der Waals surface area contributed by atoms with Gasteiger partial charge in [0.2, 0.25) is 0 Å². The smallest absolute Gasteiger partial charge is 0.341 e. The monoisotopic (exact) mass is 316 g/mol. The zero-order valence-corrected chi connectivity index (χ0v) is 12.6. The maximum absolute atomic E-state index is 12.3. The highest BCUT2D eigenvalue weighted by atomic mass is 35.5. The fourth-order valence-corrected chi connectivity index (χ4v) is 3.14. The second-order valence-electron chi connectivity index (χ2n) is 4.82. The van der Waals surface area contributed by atoms with Crippen LogP contribution in [-0.4, -0.2) is 23.5 Å². The summed E-state index contributed by atoms with van der Waals surface area (Å²) in [6, 6.07) is 1.63. The van der Waals surface area contributed by atoms with Crippen LogP contribution in [0.3, 0.4) is 0 Å². The molecule has 0 amide bonds. The molecule has 0 aromatic heterocycles. The van der Waals surface area contributed by atoms with Crippen molar-refractivity contribution in [2.45, 2.75) is 26.2 Å². The maximum Gasteiger partial charge on any atom is 0.341 e. The van der Waals surface area contributed by atoms with Gasteiger partial charge in [-0.1, -0.05) is 37.0 Å². The molecule has 6 heteroatoms. The Morgan fingerprint density at radius 2 is 2.05 bits per heavy atom. The van der Waals surface area contributed by atoms with Crippen LogP contribution in [0.25, 0.3) is 0 Å². The van der Waals surface area contributed by atoms with Crippen molar-refractivity contribution in [2.75, 3.05) is 6.61 Å². The van der Waals surface area contributed by atoms with Crippen molar-refractivity contribution in [1.29, 1.82) is 0 Å². The summed E-state index contributed by atoms with van der Waals surface area (Å²) in [5, 5.41) is 8.88. The molecule has 1 aliphatic rings. The van der Waals surface area contributed by atoms with Crippen molar-refractivity contribution in [3.63, 3.8) is 0 Å². The average Bonchev–Trinajstić information content (AvgIpc) is 2.63. The van der Waals surface area contributed by atoms with Crippen molar-refractivity contribution in [3.05, 3.63) is 27.2 Å². The second kappa shape index (κ2) is 5.62. The molecule has 0 aliphatic heterocycles. The largest absolute Gasteiger partial charge is 0.480 e. The molecule has 0 radical (unpaired) electrons. The van der Waals surface area contributed by atoms with Gasteiger partial charge in [-0.2, -0.15) is 0 Å². The molecule has 0 saturated heterocycles. The molecular weight excluding hydrogens is 303 g/mol. The van der Waals surface area contributed by atoms with Crippen LogP contribution in [0.15, 0.2) is 6.07 Å². The van der Waals surface area contributed by atoms with Crippen LogP contribution in [0.1, 0.15) is 42.1 Å². The Bertz CT molecular complexity index is 583. The molecule has 1 N–H and O–H groups in total. The quantitative estimate of drug-likeness (QED) is 0.918. The van der Waals surface area contributed by atoms with E-state index in [0.29, 0.717) is 12.0 Å². The number of halogens is 2. The van der Waals surface area contributed by atoms with E-state index in [4.69, 9.17) is 33.0 Å². The summed E-state index contributed by atoms with van der Waals surface area (Å²) < 4.78 is 5.13. The summed E-state index contributed by atoms with van der Waals surface area (Å²) in [5.74, 6) is -1.01. The Hall–Kier alpha value is -1.26. The third kappa shape index (κ3) is 2.38. The number of aliphatic carboxylic acids is 1. The van der Waals surface area contributed by atoms with Gasteiger partial charge in [0.25, 0.3) is 0 Å².